The highest BCUT2D eigenvalue weighted by Gasteiger charge is 2.20. The van der Waals surface area contributed by atoms with E-state index in [1.807, 2.05) is 0 Å². The lowest BCUT2D eigenvalue weighted by Gasteiger charge is -2.10. The average Bonchev–Trinajstić information content (AvgIpc) is 2.13. The topological polar surface area (TPSA) is 43.4 Å². The summed E-state index contributed by atoms with van der Waals surface area (Å²) in [7, 11) is 1.01. The summed E-state index contributed by atoms with van der Waals surface area (Å²) in [6.07, 6.45) is -2.73. The van der Waals surface area contributed by atoms with Gasteiger partial charge in [0.05, 0.1) is 5.02 Å². The van der Waals surface area contributed by atoms with E-state index in [-0.39, 0.29) is 10.8 Å². The first kappa shape index (κ1) is 13.5. The SMILES string of the molecule is O=S(=O)(Cl)c1cccc(Cl)c1OCC(F)F. The molecule has 0 saturated heterocycles. The van der Waals surface area contributed by atoms with Gasteiger partial charge in [-0.05, 0) is 12.1 Å². The van der Waals surface area contributed by atoms with E-state index < -0.39 is 27.0 Å². The first-order valence-corrected chi connectivity index (χ1v) is 6.65. The second-order valence-electron chi connectivity index (χ2n) is 2.71. The highest BCUT2D eigenvalue weighted by Crippen LogP contribution is 2.34. The minimum atomic E-state index is -4.09. The van der Waals surface area contributed by atoms with Crippen LogP contribution in [0.2, 0.25) is 5.02 Å². The van der Waals surface area contributed by atoms with Crippen molar-refractivity contribution in [2.45, 2.75) is 11.3 Å². The Morgan fingerprint density at radius 1 is 1.38 bits per heavy atom. The first-order valence-electron chi connectivity index (χ1n) is 3.96. The zero-order valence-corrected chi connectivity index (χ0v) is 9.99. The summed E-state index contributed by atoms with van der Waals surface area (Å²) in [5, 5.41) is -0.0950. The van der Waals surface area contributed by atoms with Crippen LogP contribution in [-0.2, 0) is 9.05 Å². The lowest BCUT2D eigenvalue weighted by atomic mass is 10.3. The third kappa shape index (κ3) is 3.47. The van der Waals surface area contributed by atoms with Crippen LogP contribution >= 0.6 is 22.3 Å². The minimum absolute atomic E-state index is 0.0950. The molecule has 0 bridgehead atoms. The van der Waals surface area contributed by atoms with Crippen LogP contribution in [0.25, 0.3) is 0 Å². The molecule has 1 aromatic rings. The molecule has 1 aromatic carbocycles. The van der Waals surface area contributed by atoms with Gasteiger partial charge in [-0.2, -0.15) is 0 Å². The van der Waals surface area contributed by atoms with E-state index in [0.29, 0.717) is 0 Å². The van der Waals surface area contributed by atoms with Gasteiger partial charge in [-0.25, -0.2) is 17.2 Å². The molecule has 8 heteroatoms. The Morgan fingerprint density at radius 2 is 2.00 bits per heavy atom. The van der Waals surface area contributed by atoms with Crippen molar-refractivity contribution in [1.29, 1.82) is 0 Å². The maximum Gasteiger partial charge on any atom is 0.272 e. The smallest absolute Gasteiger partial charge is 0.272 e. The number of ether oxygens (including phenoxy) is 1. The second-order valence-corrected chi connectivity index (χ2v) is 5.65. The van der Waals surface area contributed by atoms with Gasteiger partial charge in [-0.3, -0.25) is 0 Å². The Morgan fingerprint density at radius 3 is 2.50 bits per heavy atom. The predicted octanol–water partition coefficient (Wildman–Crippen LogP) is 2.91. The molecule has 0 radical (unpaired) electrons. The zero-order valence-electron chi connectivity index (χ0n) is 7.66. The van der Waals surface area contributed by atoms with Gasteiger partial charge >= 0.3 is 0 Å². The molecule has 0 amide bonds. The maximum absolute atomic E-state index is 11.9. The molecule has 0 aliphatic rings. The standard InChI is InChI=1S/C8H6Cl2F2O3S/c9-5-2-1-3-6(16(10,13)14)8(5)15-4-7(11)12/h1-3,7H,4H2. The number of hydrogen-bond donors (Lipinski definition) is 0. The van der Waals surface area contributed by atoms with Gasteiger partial charge in [-0.15, -0.1) is 0 Å². The van der Waals surface area contributed by atoms with E-state index in [0.717, 1.165) is 6.07 Å². The van der Waals surface area contributed by atoms with Gasteiger partial charge in [0.15, 0.2) is 5.75 Å². The summed E-state index contributed by atoms with van der Waals surface area (Å²) in [6.45, 7) is -0.955. The van der Waals surface area contributed by atoms with E-state index in [1.54, 1.807) is 0 Å². The number of alkyl halides is 2. The highest BCUT2D eigenvalue weighted by atomic mass is 35.7. The lowest BCUT2D eigenvalue weighted by molar-refractivity contribution is 0.0805. The van der Waals surface area contributed by atoms with E-state index in [9.17, 15) is 17.2 Å². The Balaban J connectivity index is 3.15. The van der Waals surface area contributed by atoms with Gasteiger partial charge in [0.25, 0.3) is 15.5 Å². The molecule has 1 rings (SSSR count). The number of rotatable bonds is 4. The molecule has 0 aliphatic heterocycles. The Bertz CT molecular complexity index is 476. The fourth-order valence-corrected chi connectivity index (χ4v) is 2.25. The molecule has 0 unspecified atom stereocenters. The number of hydrogen-bond acceptors (Lipinski definition) is 3. The van der Waals surface area contributed by atoms with Gasteiger partial charge in [0.1, 0.15) is 11.5 Å². The molecule has 0 saturated carbocycles. The summed E-state index contributed by atoms with van der Waals surface area (Å²) in [5.74, 6) is -0.362. The molecule has 3 nitrogen and oxygen atoms in total. The molecule has 0 atom stereocenters. The average molecular weight is 291 g/mol. The summed E-state index contributed by atoms with van der Waals surface area (Å²) in [5.41, 5.74) is 0. The maximum atomic E-state index is 11.9. The molecule has 0 heterocycles. The van der Waals surface area contributed by atoms with Crippen LogP contribution in [-0.4, -0.2) is 21.5 Å². The number of para-hydroxylation sites is 1. The molecule has 90 valence electrons. The summed E-state index contributed by atoms with van der Waals surface area (Å²) < 4.78 is 50.6. The monoisotopic (exact) mass is 290 g/mol. The third-order valence-corrected chi connectivity index (χ3v) is 3.19. The quantitative estimate of drug-likeness (QED) is 0.801. The fraction of sp³-hybridized carbons (Fsp3) is 0.250. The van der Waals surface area contributed by atoms with E-state index in [2.05, 4.69) is 4.74 Å². The molecule has 0 aliphatic carbocycles. The van der Waals surface area contributed by atoms with Crippen molar-refractivity contribution in [3.8, 4) is 5.75 Å². The molecule has 16 heavy (non-hydrogen) atoms. The van der Waals surface area contributed by atoms with Crippen molar-refractivity contribution in [1.82, 2.24) is 0 Å². The largest absolute Gasteiger partial charge is 0.485 e. The summed E-state index contributed by atoms with van der Waals surface area (Å²) >= 11 is 5.63. The van der Waals surface area contributed by atoms with Crippen molar-refractivity contribution < 1.29 is 21.9 Å². The van der Waals surface area contributed by atoms with Gasteiger partial charge < -0.3 is 4.74 Å². The van der Waals surface area contributed by atoms with Crippen LogP contribution in [0.5, 0.6) is 5.75 Å². The fourth-order valence-electron chi connectivity index (χ4n) is 0.967. The third-order valence-electron chi connectivity index (χ3n) is 1.55. The van der Waals surface area contributed by atoms with E-state index in [1.165, 1.54) is 12.1 Å². The predicted molar refractivity (Wildman–Crippen MR) is 56.0 cm³/mol. The van der Waals surface area contributed by atoms with Gasteiger partial charge in [0, 0.05) is 10.7 Å². The summed E-state index contributed by atoms with van der Waals surface area (Å²) in [6, 6.07) is 3.76. The van der Waals surface area contributed by atoms with Crippen molar-refractivity contribution >= 4 is 31.3 Å². The lowest BCUT2D eigenvalue weighted by Crippen LogP contribution is -2.09. The molecule has 0 fully saturated rings. The van der Waals surface area contributed by atoms with Crippen LogP contribution < -0.4 is 4.74 Å². The van der Waals surface area contributed by atoms with Gasteiger partial charge in [-0.1, -0.05) is 17.7 Å². The number of benzene rings is 1. The normalized spacial score (nSPS) is 11.8. The molecule has 0 aromatic heterocycles. The minimum Gasteiger partial charge on any atom is -0.485 e. The van der Waals surface area contributed by atoms with E-state index >= 15 is 0 Å². The van der Waals surface area contributed by atoms with Crippen molar-refractivity contribution in [2.75, 3.05) is 6.61 Å². The van der Waals surface area contributed by atoms with Crippen LogP contribution in [0.15, 0.2) is 23.1 Å². The Kier molecular flexibility index (Phi) is 4.35. The van der Waals surface area contributed by atoms with Crippen molar-refractivity contribution in [3.63, 3.8) is 0 Å². The highest BCUT2D eigenvalue weighted by molar-refractivity contribution is 8.13. The zero-order chi connectivity index (χ0) is 12.3. The molecule has 0 spiro atoms. The summed E-state index contributed by atoms with van der Waals surface area (Å²) in [4.78, 5) is -0.428. The molecule has 0 N–H and O–H groups in total. The van der Waals surface area contributed by atoms with Crippen LogP contribution in [0.4, 0.5) is 8.78 Å². The Labute approximate surface area is 100 Å². The van der Waals surface area contributed by atoms with Crippen molar-refractivity contribution in [3.05, 3.63) is 23.2 Å². The van der Waals surface area contributed by atoms with Crippen LogP contribution in [0, 0.1) is 0 Å². The molecular weight excluding hydrogens is 285 g/mol. The van der Waals surface area contributed by atoms with E-state index in [4.69, 9.17) is 22.3 Å². The van der Waals surface area contributed by atoms with Crippen LogP contribution in [0.1, 0.15) is 0 Å². The van der Waals surface area contributed by atoms with Crippen LogP contribution in [0.3, 0.4) is 0 Å². The van der Waals surface area contributed by atoms with Crippen molar-refractivity contribution in [2.24, 2.45) is 0 Å². The second kappa shape index (κ2) is 5.16. The number of halogens is 4. The van der Waals surface area contributed by atoms with Gasteiger partial charge in [0.2, 0.25) is 0 Å². The Hall–Kier alpha value is -0.590. The first-order chi connectivity index (χ1) is 7.32. The molecular formula is C8H6Cl2F2O3S.